The van der Waals surface area contributed by atoms with Crippen LogP contribution in [0.3, 0.4) is 0 Å². The number of carbonyl (C=O) groups excluding carboxylic acids is 2. The highest BCUT2D eigenvalue weighted by Crippen LogP contribution is 2.43. The number of carbonyl (C=O) groups is 2. The number of likely N-dealkylation sites (tertiary alicyclic amines) is 1. The highest BCUT2D eigenvalue weighted by atomic mass is 16.5. The van der Waals surface area contributed by atoms with E-state index in [9.17, 15) is 9.59 Å². The summed E-state index contributed by atoms with van der Waals surface area (Å²) in [5.41, 5.74) is 3.05. The molecule has 0 bridgehead atoms. The number of ether oxygens (including phenoxy) is 2. The zero-order chi connectivity index (χ0) is 25.8. The summed E-state index contributed by atoms with van der Waals surface area (Å²) in [6, 6.07) is 25.4. The average Bonchev–Trinajstić information content (AvgIpc) is 3.30. The number of hydrogen-bond donors (Lipinski definition) is 0. The molecule has 0 unspecified atom stereocenters. The Bertz CT molecular complexity index is 1200. The van der Waals surface area contributed by atoms with Crippen LogP contribution in [0.4, 0.5) is 5.69 Å². The topological polar surface area (TPSA) is 59.1 Å². The number of rotatable bonds is 7. The summed E-state index contributed by atoms with van der Waals surface area (Å²) in [5.74, 6) is 1.64. The minimum Gasteiger partial charge on any atom is -0.497 e. The molecule has 0 N–H and O–H groups in total. The van der Waals surface area contributed by atoms with Crippen molar-refractivity contribution in [2.75, 3.05) is 32.2 Å². The first-order chi connectivity index (χ1) is 18.1. The molecule has 5 rings (SSSR count). The molecule has 192 valence electrons. The Labute approximate surface area is 218 Å². The van der Waals surface area contributed by atoms with Crippen molar-refractivity contribution < 1.29 is 19.1 Å². The van der Waals surface area contributed by atoms with Crippen molar-refractivity contribution in [2.45, 2.75) is 31.7 Å². The molecule has 2 amide bonds. The van der Waals surface area contributed by atoms with Crippen LogP contribution in [-0.2, 0) is 16.0 Å². The van der Waals surface area contributed by atoms with Crippen molar-refractivity contribution >= 4 is 17.5 Å². The predicted molar refractivity (Wildman–Crippen MR) is 144 cm³/mol. The number of benzene rings is 3. The fourth-order valence-corrected chi connectivity index (χ4v) is 5.72. The van der Waals surface area contributed by atoms with Gasteiger partial charge < -0.3 is 19.3 Å². The van der Waals surface area contributed by atoms with Crippen LogP contribution in [0.5, 0.6) is 11.5 Å². The van der Waals surface area contributed by atoms with E-state index in [-0.39, 0.29) is 24.3 Å². The molecule has 2 fully saturated rings. The van der Waals surface area contributed by atoms with Crippen LogP contribution in [0.15, 0.2) is 78.9 Å². The van der Waals surface area contributed by atoms with E-state index in [1.165, 1.54) is 5.56 Å². The Morgan fingerprint density at radius 3 is 2.03 bits per heavy atom. The quantitative estimate of drug-likeness (QED) is 0.445. The highest BCUT2D eigenvalue weighted by molar-refractivity contribution is 6.01. The maximum Gasteiger partial charge on any atom is 0.228 e. The number of amides is 2. The van der Waals surface area contributed by atoms with E-state index in [0.29, 0.717) is 5.92 Å². The summed E-state index contributed by atoms with van der Waals surface area (Å²) in [7, 11) is 3.25. The van der Waals surface area contributed by atoms with E-state index >= 15 is 0 Å². The third kappa shape index (κ3) is 5.33. The van der Waals surface area contributed by atoms with Crippen LogP contribution >= 0.6 is 0 Å². The number of methoxy groups -OCH3 is 2. The lowest BCUT2D eigenvalue weighted by Crippen LogP contribution is -2.43. The van der Waals surface area contributed by atoms with E-state index < -0.39 is 5.92 Å². The molecule has 2 atom stereocenters. The summed E-state index contributed by atoms with van der Waals surface area (Å²) in [6.07, 6.45) is 3.21. The summed E-state index contributed by atoms with van der Waals surface area (Å²) < 4.78 is 10.6. The highest BCUT2D eigenvalue weighted by Gasteiger charge is 2.46. The van der Waals surface area contributed by atoms with E-state index in [1.54, 1.807) is 19.1 Å². The van der Waals surface area contributed by atoms with Gasteiger partial charge in [-0.05, 0) is 72.7 Å². The Hall–Kier alpha value is -3.80. The van der Waals surface area contributed by atoms with Crippen LogP contribution in [-0.4, -0.2) is 44.0 Å². The summed E-state index contributed by atoms with van der Waals surface area (Å²) in [6.45, 7) is 1.47. The van der Waals surface area contributed by atoms with Crippen LogP contribution in [0, 0.1) is 11.8 Å². The van der Waals surface area contributed by atoms with Gasteiger partial charge in [0.2, 0.25) is 11.8 Å². The summed E-state index contributed by atoms with van der Waals surface area (Å²) >= 11 is 0. The molecule has 0 aromatic heterocycles. The van der Waals surface area contributed by atoms with Crippen molar-refractivity contribution in [3.05, 3.63) is 90.0 Å². The lowest BCUT2D eigenvalue weighted by molar-refractivity contribution is -0.138. The second kappa shape index (κ2) is 11.1. The first-order valence-corrected chi connectivity index (χ1v) is 13.0. The Balaban J connectivity index is 1.36. The fraction of sp³-hybridized carbons (Fsp3) is 0.355. The maximum atomic E-state index is 13.9. The van der Waals surface area contributed by atoms with Gasteiger partial charge in [-0.15, -0.1) is 0 Å². The van der Waals surface area contributed by atoms with Gasteiger partial charge in [-0.25, -0.2) is 0 Å². The number of anilines is 1. The largest absolute Gasteiger partial charge is 0.497 e. The summed E-state index contributed by atoms with van der Waals surface area (Å²) in [5, 5.41) is 0. The minimum atomic E-state index is -0.436. The molecular formula is C31H34N2O4. The lowest BCUT2D eigenvalue weighted by Gasteiger charge is -2.36. The number of piperidine rings is 1. The number of hydrogen-bond acceptors (Lipinski definition) is 4. The minimum absolute atomic E-state index is 0.0386. The molecule has 0 spiro atoms. The molecule has 2 aliphatic heterocycles. The third-order valence-corrected chi connectivity index (χ3v) is 7.74. The zero-order valence-corrected chi connectivity index (χ0v) is 21.5. The molecule has 6 heteroatoms. The fourth-order valence-electron chi connectivity index (χ4n) is 5.72. The molecule has 2 aliphatic rings. The average molecular weight is 499 g/mol. The van der Waals surface area contributed by atoms with Gasteiger partial charge in [-0.1, -0.05) is 42.5 Å². The van der Waals surface area contributed by atoms with Gasteiger partial charge in [0.15, 0.2) is 0 Å². The van der Waals surface area contributed by atoms with Gasteiger partial charge >= 0.3 is 0 Å². The molecular weight excluding hydrogens is 464 g/mol. The molecule has 0 saturated carbocycles. The van der Waals surface area contributed by atoms with Gasteiger partial charge in [0, 0.05) is 25.2 Å². The maximum absolute atomic E-state index is 13.9. The molecule has 2 heterocycles. The van der Waals surface area contributed by atoms with Crippen molar-refractivity contribution in [3.63, 3.8) is 0 Å². The normalized spacial score (nSPS) is 20.2. The SMILES string of the molecule is COc1ccc([C@H]2[C@H](C(=O)N3CCC(Cc4ccccc4)CC3)CC(=O)N2c2ccc(OC)cc2)cc1. The Morgan fingerprint density at radius 1 is 0.838 bits per heavy atom. The van der Waals surface area contributed by atoms with Gasteiger partial charge in [0.05, 0.1) is 26.2 Å². The molecule has 37 heavy (non-hydrogen) atoms. The zero-order valence-electron chi connectivity index (χ0n) is 21.5. The second-order valence-electron chi connectivity index (χ2n) is 9.95. The van der Waals surface area contributed by atoms with E-state index in [4.69, 9.17) is 9.47 Å². The monoisotopic (exact) mass is 498 g/mol. The standard InChI is InChI=1S/C31H34N2O4/c1-36-26-12-8-24(9-13-26)30-28(21-29(34)33(30)25-10-14-27(37-2)15-11-25)31(35)32-18-16-23(17-19-32)20-22-6-4-3-5-7-22/h3-15,23,28,30H,16-21H2,1-2H3/t28-,30+/m1/s1. The van der Waals surface area contributed by atoms with Gasteiger partial charge in [-0.3, -0.25) is 9.59 Å². The smallest absolute Gasteiger partial charge is 0.228 e. The van der Waals surface area contributed by atoms with Gasteiger partial charge in [0.25, 0.3) is 0 Å². The Kier molecular flexibility index (Phi) is 7.45. The van der Waals surface area contributed by atoms with E-state index in [0.717, 1.165) is 55.1 Å². The molecule has 3 aromatic rings. The molecule has 2 saturated heterocycles. The third-order valence-electron chi connectivity index (χ3n) is 7.74. The predicted octanol–water partition coefficient (Wildman–Crippen LogP) is 5.28. The first kappa shape index (κ1) is 24.9. The van der Waals surface area contributed by atoms with Gasteiger partial charge in [0.1, 0.15) is 11.5 Å². The van der Waals surface area contributed by atoms with Gasteiger partial charge in [-0.2, -0.15) is 0 Å². The van der Waals surface area contributed by atoms with Crippen LogP contribution in [0.2, 0.25) is 0 Å². The van der Waals surface area contributed by atoms with Crippen LogP contribution in [0.1, 0.15) is 36.4 Å². The number of nitrogens with zero attached hydrogens (tertiary/aromatic N) is 2. The van der Waals surface area contributed by atoms with Crippen molar-refractivity contribution in [2.24, 2.45) is 11.8 Å². The van der Waals surface area contributed by atoms with E-state index in [2.05, 4.69) is 24.3 Å². The van der Waals surface area contributed by atoms with E-state index in [1.807, 2.05) is 59.5 Å². The molecule has 3 aromatic carbocycles. The second-order valence-corrected chi connectivity index (χ2v) is 9.95. The van der Waals surface area contributed by atoms with Crippen molar-refractivity contribution in [1.29, 1.82) is 0 Å². The lowest BCUT2D eigenvalue weighted by atomic mass is 9.88. The first-order valence-electron chi connectivity index (χ1n) is 13.0. The molecule has 0 aliphatic carbocycles. The van der Waals surface area contributed by atoms with Crippen LogP contribution < -0.4 is 14.4 Å². The molecule has 6 nitrogen and oxygen atoms in total. The van der Waals surface area contributed by atoms with Crippen molar-refractivity contribution in [1.82, 2.24) is 4.90 Å². The Morgan fingerprint density at radius 2 is 1.43 bits per heavy atom. The van der Waals surface area contributed by atoms with Crippen LogP contribution in [0.25, 0.3) is 0 Å². The summed E-state index contributed by atoms with van der Waals surface area (Å²) in [4.78, 5) is 31.0. The molecule has 0 radical (unpaired) electrons. The van der Waals surface area contributed by atoms with Crippen molar-refractivity contribution in [3.8, 4) is 11.5 Å².